The summed E-state index contributed by atoms with van der Waals surface area (Å²) < 4.78 is 5.68. The summed E-state index contributed by atoms with van der Waals surface area (Å²) in [5.74, 6) is 1.52. The van der Waals surface area contributed by atoms with E-state index in [1.165, 1.54) is 0 Å². The van der Waals surface area contributed by atoms with Crippen molar-refractivity contribution in [2.45, 2.75) is 40.7 Å². The second-order valence-electron chi connectivity index (χ2n) is 3.38. The average molecular weight is 194 g/mol. The Bertz CT molecular complexity index is 216. The number of rotatable bonds is 3. The highest BCUT2D eigenvalue weighted by Crippen LogP contribution is 2.14. The minimum absolute atomic E-state index is 0.285. The van der Waals surface area contributed by atoms with Crippen LogP contribution in [0.3, 0.4) is 0 Å². The molecule has 0 aromatic heterocycles. The molecule has 1 nitrogen and oxygen atoms in total. The van der Waals surface area contributed by atoms with Crippen LogP contribution in [-0.4, -0.2) is 6.10 Å². The number of hydrogen-bond donors (Lipinski definition) is 0. The van der Waals surface area contributed by atoms with Crippen molar-refractivity contribution in [2.75, 3.05) is 0 Å². The van der Waals surface area contributed by atoms with Crippen LogP contribution in [0.2, 0.25) is 0 Å². The van der Waals surface area contributed by atoms with Crippen LogP contribution in [0.4, 0.5) is 0 Å². The Hall–Kier alpha value is -0.980. The van der Waals surface area contributed by atoms with Gasteiger partial charge in [0.2, 0.25) is 0 Å². The lowest BCUT2D eigenvalue weighted by atomic mass is 10.1. The molecule has 0 fully saturated rings. The monoisotopic (exact) mass is 194 g/mol. The van der Waals surface area contributed by atoms with E-state index in [1.54, 1.807) is 0 Å². The van der Waals surface area contributed by atoms with Gasteiger partial charge < -0.3 is 4.74 Å². The smallest absolute Gasteiger partial charge is 0.119 e. The molecule has 1 atom stereocenters. The van der Waals surface area contributed by atoms with Crippen LogP contribution in [0.1, 0.15) is 34.6 Å². The Morgan fingerprint density at radius 1 is 0.929 bits per heavy atom. The van der Waals surface area contributed by atoms with Gasteiger partial charge in [-0.25, -0.2) is 0 Å². The van der Waals surface area contributed by atoms with E-state index in [0.717, 1.165) is 5.75 Å². The fourth-order valence-electron chi connectivity index (χ4n) is 0.850. The third-order valence-corrected chi connectivity index (χ3v) is 2.00. The first kappa shape index (κ1) is 13.0. The van der Waals surface area contributed by atoms with Crippen LogP contribution in [0.5, 0.6) is 5.75 Å². The van der Waals surface area contributed by atoms with Crippen molar-refractivity contribution >= 4 is 0 Å². The zero-order valence-corrected chi connectivity index (χ0v) is 9.95. The van der Waals surface area contributed by atoms with Crippen LogP contribution < -0.4 is 4.74 Å². The molecule has 0 bridgehead atoms. The molecule has 14 heavy (non-hydrogen) atoms. The molecule has 1 aromatic rings. The molecule has 1 aromatic carbocycles. The van der Waals surface area contributed by atoms with Crippen molar-refractivity contribution in [3.8, 4) is 5.75 Å². The molecule has 0 amide bonds. The first-order chi connectivity index (χ1) is 6.70. The van der Waals surface area contributed by atoms with Gasteiger partial charge in [-0.3, -0.25) is 0 Å². The van der Waals surface area contributed by atoms with E-state index in [-0.39, 0.29) is 6.10 Å². The Morgan fingerprint density at radius 2 is 1.43 bits per heavy atom. The highest BCUT2D eigenvalue weighted by Gasteiger charge is 2.07. The van der Waals surface area contributed by atoms with Gasteiger partial charge in [0.1, 0.15) is 5.75 Å². The quantitative estimate of drug-likeness (QED) is 0.702. The molecule has 0 heterocycles. The van der Waals surface area contributed by atoms with Gasteiger partial charge in [0.25, 0.3) is 0 Å². The van der Waals surface area contributed by atoms with Crippen LogP contribution in [0.15, 0.2) is 30.3 Å². The molecule has 1 heteroatoms. The first-order valence-electron chi connectivity index (χ1n) is 5.42. The summed E-state index contributed by atoms with van der Waals surface area (Å²) in [6.45, 7) is 10.4. The van der Waals surface area contributed by atoms with E-state index in [0.29, 0.717) is 5.92 Å². The summed E-state index contributed by atoms with van der Waals surface area (Å²) in [4.78, 5) is 0. The Balaban J connectivity index is 0.000000791. The summed E-state index contributed by atoms with van der Waals surface area (Å²) in [6, 6.07) is 9.94. The minimum atomic E-state index is 0.285. The van der Waals surface area contributed by atoms with Crippen LogP contribution in [0.25, 0.3) is 0 Å². The summed E-state index contributed by atoms with van der Waals surface area (Å²) in [5, 5.41) is 0. The third-order valence-electron chi connectivity index (χ3n) is 2.00. The predicted octanol–water partition coefficient (Wildman–Crippen LogP) is 4.14. The first-order valence-corrected chi connectivity index (χ1v) is 5.42. The largest absolute Gasteiger partial charge is 0.490 e. The fourth-order valence-corrected chi connectivity index (χ4v) is 0.850. The van der Waals surface area contributed by atoms with E-state index in [2.05, 4.69) is 20.8 Å². The van der Waals surface area contributed by atoms with Crippen molar-refractivity contribution < 1.29 is 4.74 Å². The number of ether oxygens (including phenoxy) is 1. The Morgan fingerprint density at radius 3 is 1.86 bits per heavy atom. The lowest BCUT2D eigenvalue weighted by Crippen LogP contribution is -2.18. The minimum Gasteiger partial charge on any atom is -0.490 e. The van der Waals surface area contributed by atoms with Gasteiger partial charge in [0.05, 0.1) is 6.10 Å². The topological polar surface area (TPSA) is 9.23 Å². The van der Waals surface area contributed by atoms with Crippen molar-refractivity contribution in [3.05, 3.63) is 30.3 Å². The van der Waals surface area contributed by atoms with Crippen LogP contribution in [-0.2, 0) is 0 Å². The maximum atomic E-state index is 5.68. The molecule has 0 aliphatic carbocycles. The van der Waals surface area contributed by atoms with E-state index in [4.69, 9.17) is 4.74 Å². The molecule has 0 spiro atoms. The predicted molar refractivity (Wildman–Crippen MR) is 62.7 cm³/mol. The normalized spacial score (nSPS) is 11.6. The summed E-state index contributed by atoms with van der Waals surface area (Å²) in [7, 11) is 0. The molecule has 1 rings (SSSR count). The fraction of sp³-hybridized carbons (Fsp3) is 0.538. The van der Waals surface area contributed by atoms with Gasteiger partial charge in [-0.2, -0.15) is 0 Å². The van der Waals surface area contributed by atoms with Crippen molar-refractivity contribution in [3.63, 3.8) is 0 Å². The van der Waals surface area contributed by atoms with Gasteiger partial charge in [-0.1, -0.05) is 45.9 Å². The maximum Gasteiger partial charge on any atom is 0.119 e. The molecule has 1 unspecified atom stereocenters. The lowest BCUT2D eigenvalue weighted by Gasteiger charge is -2.17. The highest BCUT2D eigenvalue weighted by molar-refractivity contribution is 5.21. The average Bonchev–Trinajstić information content (AvgIpc) is 2.22. The standard InChI is InChI=1S/C11H16O.C2H6/c1-9(2)10(3)12-11-7-5-4-6-8-11;1-2/h4-10H,1-3H3;1-2H3. The van der Waals surface area contributed by atoms with Crippen LogP contribution in [0, 0.1) is 5.92 Å². The van der Waals surface area contributed by atoms with Crippen molar-refractivity contribution in [1.82, 2.24) is 0 Å². The van der Waals surface area contributed by atoms with E-state index in [1.807, 2.05) is 44.2 Å². The number of para-hydroxylation sites is 1. The zero-order chi connectivity index (χ0) is 11.0. The second kappa shape index (κ2) is 7.43. The molecular weight excluding hydrogens is 172 g/mol. The van der Waals surface area contributed by atoms with Gasteiger partial charge in [-0.05, 0) is 25.0 Å². The molecule has 0 N–H and O–H groups in total. The molecule has 0 saturated heterocycles. The Labute approximate surface area is 88.1 Å². The van der Waals surface area contributed by atoms with Crippen molar-refractivity contribution in [1.29, 1.82) is 0 Å². The number of benzene rings is 1. The summed E-state index contributed by atoms with van der Waals surface area (Å²) >= 11 is 0. The maximum absolute atomic E-state index is 5.68. The van der Waals surface area contributed by atoms with Gasteiger partial charge >= 0.3 is 0 Å². The third kappa shape index (κ3) is 4.90. The van der Waals surface area contributed by atoms with Gasteiger partial charge in [0.15, 0.2) is 0 Å². The molecule has 0 aliphatic heterocycles. The van der Waals surface area contributed by atoms with Gasteiger partial charge in [0, 0.05) is 0 Å². The highest BCUT2D eigenvalue weighted by atomic mass is 16.5. The van der Waals surface area contributed by atoms with E-state index >= 15 is 0 Å². The SMILES string of the molecule is CC.CC(C)C(C)Oc1ccccc1. The van der Waals surface area contributed by atoms with E-state index in [9.17, 15) is 0 Å². The molecule has 0 aliphatic rings. The van der Waals surface area contributed by atoms with Crippen molar-refractivity contribution in [2.24, 2.45) is 5.92 Å². The molecule has 80 valence electrons. The summed E-state index contributed by atoms with van der Waals surface area (Å²) in [6.07, 6.45) is 0.285. The Kier molecular flexibility index (Phi) is 6.91. The second-order valence-corrected chi connectivity index (χ2v) is 3.38. The number of hydrogen-bond acceptors (Lipinski definition) is 1. The summed E-state index contributed by atoms with van der Waals surface area (Å²) in [5.41, 5.74) is 0. The lowest BCUT2D eigenvalue weighted by molar-refractivity contribution is 0.170. The zero-order valence-electron chi connectivity index (χ0n) is 9.95. The molecule has 0 radical (unpaired) electrons. The molecule has 0 saturated carbocycles. The van der Waals surface area contributed by atoms with Gasteiger partial charge in [-0.15, -0.1) is 0 Å². The van der Waals surface area contributed by atoms with Crippen LogP contribution >= 0.6 is 0 Å². The van der Waals surface area contributed by atoms with E-state index < -0.39 is 0 Å². The molecular formula is C13H22O.